The van der Waals surface area contributed by atoms with Crippen LogP contribution >= 0.6 is 11.6 Å². The zero-order valence-electron chi connectivity index (χ0n) is 15.7. The number of imidazole rings is 1. The van der Waals surface area contributed by atoms with Crippen molar-refractivity contribution in [2.75, 3.05) is 7.11 Å². The summed E-state index contributed by atoms with van der Waals surface area (Å²) in [4.78, 5) is 16.5. The van der Waals surface area contributed by atoms with Gasteiger partial charge in [0, 0.05) is 16.6 Å². The van der Waals surface area contributed by atoms with Crippen molar-refractivity contribution in [1.29, 1.82) is 0 Å². The second-order valence-electron chi connectivity index (χ2n) is 6.56. The fourth-order valence-electron chi connectivity index (χ4n) is 3.25. The molecular weight excluding hydrogens is 364 g/mol. The van der Waals surface area contributed by atoms with Crippen molar-refractivity contribution in [2.24, 2.45) is 0 Å². The smallest absolute Gasteiger partial charge is 0.356 e. The van der Waals surface area contributed by atoms with E-state index in [1.165, 1.54) is 0 Å². The standard InChI is InChI=1S/C21H21ClN2O3/c1-12(2)24-19(15-10-9-14(22)11-13(15)3)18(21(25)26)23-20(24)16-7-5-6-8-17(16)27-4/h5-12H,1-4H3,(H,25,26). The van der Waals surface area contributed by atoms with Crippen molar-refractivity contribution in [1.82, 2.24) is 9.55 Å². The molecule has 0 radical (unpaired) electrons. The van der Waals surface area contributed by atoms with Gasteiger partial charge in [0.2, 0.25) is 0 Å². The molecule has 0 unspecified atom stereocenters. The van der Waals surface area contributed by atoms with Crippen molar-refractivity contribution in [3.8, 4) is 28.4 Å². The van der Waals surface area contributed by atoms with Crippen LogP contribution in [0.5, 0.6) is 5.75 Å². The number of rotatable bonds is 5. The highest BCUT2D eigenvalue weighted by molar-refractivity contribution is 6.30. The molecule has 3 rings (SSSR count). The molecule has 3 aromatic rings. The van der Waals surface area contributed by atoms with E-state index in [9.17, 15) is 9.90 Å². The van der Waals surface area contributed by atoms with Crippen molar-refractivity contribution in [3.05, 3.63) is 58.7 Å². The lowest BCUT2D eigenvalue weighted by atomic mass is 10.0. The molecule has 140 valence electrons. The van der Waals surface area contributed by atoms with Crippen LogP contribution < -0.4 is 4.74 Å². The summed E-state index contributed by atoms with van der Waals surface area (Å²) in [6.07, 6.45) is 0. The summed E-state index contributed by atoms with van der Waals surface area (Å²) in [5.41, 5.74) is 2.99. The number of carboxylic acids is 1. The van der Waals surface area contributed by atoms with E-state index < -0.39 is 5.97 Å². The SMILES string of the molecule is COc1ccccc1-c1nc(C(=O)O)c(-c2ccc(Cl)cc2C)n1C(C)C. The van der Waals surface area contributed by atoms with E-state index in [2.05, 4.69) is 4.98 Å². The summed E-state index contributed by atoms with van der Waals surface area (Å²) < 4.78 is 7.41. The number of para-hydroxylation sites is 1. The molecule has 6 heteroatoms. The Morgan fingerprint density at radius 3 is 2.48 bits per heavy atom. The maximum atomic E-state index is 12.0. The third-order valence-corrected chi connectivity index (χ3v) is 4.66. The van der Waals surface area contributed by atoms with Gasteiger partial charge in [-0.25, -0.2) is 9.78 Å². The normalized spacial score (nSPS) is 11.0. The third-order valence-electron chi connectivity index (χ3n) is 4.42. The van der Waals surface area contributed by atoms with E-state index in [0.717, 1.165) is 16.7 Å². The first-order valence-corrected chi connectivity index (χ1v) is 8.98. The molecule has 27 heavy (non-hydrogen) atoms. The van der Waals surface area contributed by atoms with Gasteiger partial charge in [0.1, 0.15) is 11.6 Å². The van der Waals surface area contributed by atoms with Crippen LogP contribution in [-0.2, 0) is 0 Å². The molecule has 0 aliphatic rings. The van der Waals surface area contributed by atoms with Crippen LogP contribution in [0.15, 0.2) is 42.5 Å². The molecule has 0 fully saturated rings. The summed E-state index contributed by atoms with van der Waals surface area (Å²) >= 11 is 6.09. The minimum absolute atomic E-state index is 0.00929. The number of hydrogen-bond acceptors (Lipinski definition) is 3. The van der Waals surface area contributed by atoms with E-state index in [-0.39, 0.29) is 11.7 Å². The average Bonchev–Trinajstić information content (AvgIpc) is 3.02. The number of halogens is 1. The highest BCUT2D eigenvalue weighted by atomic mass is 35.5. The number of carboxylic acid groups (broad SMARTS) is 1. The number of aryl methyl sites for hydroxylation is 1. The minimum atomic E-state index is -1.07. The zero-order valence-corrected chi connectivity index (χ0v) is 16.4. The third kappa shape index (κ3) is 3.43. The predicted octanol–water partition coefficient (Wildman–Crippen LogP) is 5.47. The molecule has 1 aromatic heterocycles. The van der Waals surface area contributed by atoms with Gasteiger partial charge in [-0.1, -0.05) is 29.8 Å². The van der Waals surface area contributed by atoms with E-state index in [0.29, 0.717) is 22.3 Å². The summed E-state index contributed by atoms with van der Waals surface area (Å²) in [5, 5.41) is 10.4. The van der Waals surface area contributed by atoms with Crippen LogP contribution in [0.2, 0.25) is 5.02 Å². The molecule has 0 amide bonds. The molecule has 2 aromatic carbocycles. The van der Waals surface area contributed by atoms with Crippen molar-refractivity contribution in [2.45, 2.75) is 26.8 Å². The van der Waals surface area contributed by atoms with Crippen LogP contribution in [0.4, 0.5) is 0 Å². The largest absolute Gasteiger partial charge is 0.496 e. The number of aromatic carboxylic acids is 1. The molecule has 0 saturated carbocycles. The summed E-state index contributed by atoms with van der Waals surface area (Å²) in [5.74, 6) is 0.125. The van der Waals surface area contributed by atoms with Gasteiger partial charge in [-0.2, -0.15) is 0 Å². The van der Waals surface area contributed by atoms with Crippen LogP contribution in [0.25, 0.3) is 22.6 Å². The number of hydrogen-bond donors (Lipinski definition) is 1. The Bertz CT molecular complexity index is 1010. The second-order valence-corrected chi connectivity index (χ2v) is 7.00. The average molecular weight is 385 g/mol. The molecule has 1 heterocycles. The number of aromatic nitrogens is 2. The molecule has 0 aliphatic carbocycles. The topological polar surface area (TPSA) is 64.3 Å². The minimum Gasteiger partial charge on any atom is -0.496 e. The lowest BCUT2D eigenvalue weighted by molar-refractivity contribution is 0.0692. The Labute approximate surface area is 163 Å². The number of carbonyl (C=O) groups is 1. The molecule has 0 spiro atoms. The van der Waals surface area contributed by atoms with E-state index in [4.69, 9.17) is 16.3 Å². The Morgan fingerprint density at radius 1 is 1.19 bits per heavy atom. The van der Waals surface area contributed by atoms with Gasteiger partial charge in [-0.3, -0.25) is 0 Å². The van der Waals surface area contributed by atoms with Crippen LogP contribution in [0.3, 0.4) is 0 Å². The van der Waals surface area contributed by atoms with E-state index in [1.54, 1.807) is 13.2 Å². The number of methoxy groups -OCH3 is 1. The lowest BCUT2D eigenvalue weighted by Gasteiger charge is -2.18. The first kappa shape index (κ1) is 19.0. The van der Waals surface area contributed by atoms with Crippen LogP contribution in [0.1, 0.15) is 35.9 Å². The second kappa shape index (κ2) is 7.45. The maximum absolute atomic E-state index is 12.0. The van der Waals surface area contributed by atoms with Gasteiger partial charge < -0.3 is 14.4 Å². The summed E-state index contributed by atoms with van der Waals surface area (Å²) in [7, 11) is 1.59. The lowest BCUT2D eigenvalue weighted by Crippen LogP contribution is -2.08. The molecule has 0 bridgehead atoms. The summed E-state index contributed by atoms with van der Waals surface area (Å²) in [6.45, 7) is 5.91. The van der Waals surface area contributed by atoms with E-state index >= 15 is 0 Å². The van der Waals surface area contributed by atoms with Gasteiger partial charge in [-0.05, 0) is 50.6 Å². The maximum Gasteiger partial charge on any atom is 0.356 e. The first-order chi connectivity index (χ1) is 12.8. The Kier molecular flexibility index (Phi) is 5.24. The van der Waals surface area contributed by atoms with Gasteiger partial charge in [0.05, 0.1) is 18.4 Å². The molecule has 0 saturated heterocycles. The monoisotopic (exact) mass is 384 g/mol. The predicted molar refractivity (Wildman–Crippen MR) is 107 cm³/mol. The van der Waals surface area contributed by atoms with Crippen LogP contribution in [-0.4, -0.2) is 27.7 Å². The molecule has 0 atom stereocenters. The highest BCUT2D eigenvalue weighted by Crippen LogP contribution is 2.38. The molecule has 5 nitrogen and oxygen atoms in total. The van der Waals surface area contributed by atoms with Crippen molar-refractivity contribution in [3.63, 3.8) is 0 Å². The fraction of sp³-hybridized carbons (Fsp3) is 0.238. The first-order valence-electron chi connectivity index (χ1n) is 8.60. The highest BCUT2D eigenvalue weighted by Gasteiger charge is 2.27. The van der Waals surface area contributed by atoms with Gasteiger partial charge in [0.25, 0.3) is 0 Å². The number of benzene rings is 2. The summed E-state index contributed by atoms with van der Waals surface area (Å²) in [6, 6.07) is 12.9. The van der Waals surface area contributed by atoms with Gasteiger partial charge in [-0.15, -0.1) is 0 Å². The number of ether oxygens (including phenoxy) is 1. The number of nitrogens with zero attached hydrogens (tertiary/aromatic N) is 2. The van der Waals surface area contributed by atoms with Crippen LogP contribution in [0, 0.1) is 6.92 Å². The van der Waals surface area contributed by atoms with Crippen molar-refractivity contribution >= 4 is 17.6 Å². The Balaban J connectivity index is 2.40. The molecule has 1 N–H and O–H groups in total. The van der Waals surface area contributed by atoms with E-state index in [1.807, 2.05) is 61.7 Å². The van der Waals surface area contributed by atoms with Crippen molar-refractivity contribution < 1.29 is 14.6 Å². The zero-order chi connectivity index (χ0) is 19.7. The Morgan fingerprint density at radius 2 is 1.89 bits per heavy atom. The van der Waals surface area contributed by atoms with Gasteiger partial charge >= 0.3 is 5.97 Å². The van der Waals surface area contributed by atoms with Gasteiger partial charge in [0.15, 0.2) is 5.69 Å². The fourth-order valence-corrected chi connectivity index (χ4v) is 3.48. The molecular formula is C21H21ClN2O3. The quantitative estimate of drug-likeness (QED) is 0.633. The molecule has 0 aliphatic heterocycles. The Hall–Kier alpha value is -2.79.